The van der Waals surface area contributed by atoms with E-state index in [1.54, 1.807) is 13.2 Å². The summed E-state index contributed by atoms with van der Waals surface area (Å²) in [4.78, 5) is 16.8. The first-order valence-corrected chi connectivity index (χ1v) is 9.22. The highest BCUT2D eigenvalue weighted by atomic mass is 32.2. The predicted octanol–water partition coefficient (Wildman–Crippen LogP) is 1.42. The molecule has 25 heavy (non-hydrogen) atoms. The number of nitrogens with zero attached hydrogens (tertiary/aromatic N) is 4. The summed E-state index contributed by atoms with van der Waals surface area (Å²) in [5.41, 5.74) is 0. The molecule has 0 unspecified atom stereocenters. The summed E-state index contributed by atoms with van der Waals surface area (Å²) in [6.07, 6.45) is 1.62. The third kappa shape index (κ3) is 5.58. The molecule has 1 aliphatic rings. The zero-order valence-electron chi connectivity index (χ0n) is 14.2. The topological polar surface area (TPSA) is 84.8 Å². The number of ether oxygens (including phenoxy) is 1. The molecule has 1 aliphatic heterocycles. The number of furan rings is 1. The van der Waals surface area contributed by atoms with Gasteiger partial charge in [-0.25, -0.2) is 0 Å². The van der Waals surface area contributed by atoms with Crippen molar-refractivity contribution in [1.29, 1.82) is 0 Å². The lowest BCUT2D eigenvalue weighted by molar-refractivity contribution is -0.129. The number of hydrogen-bond acceptors (Lipinski definition) is 8. The Morgan fingerprint density at radius 1 is 1.36 bits per heavy atom. The first-order valence-electron chi connectivity index (χ1n) is 8.24. The molecule has 0 radical (unpaired) electrons. The summed E-state index contributed by atoms with van der Waals surface area (Å²) in [7, 11) is 0. The van der Waals surface area contributed by atoms with Gasteiger partial charge < -0.3 is 18.5 Å². The zero-order valence-corrected chi connectivity index (χ0v) is 15.0. The van der Waals surface area contributed by atoms with E-state index >= 15 is 0 Å². The third-order valence-corrected chi connectivity index (χ3v) is 4.70. The van der Waals surface area contributed by atoms with Crippen molar-refractivity contribution in [2.75, 3.05) is 45.1 Å². The highest BCUT2D eigenvalue weighted by Gasteiger charge is 2.19. The van der Waals surface area contributed by atoms with Crippen LogP contribution in [0.5, 0.6) is 0 Å². The van der Waals surface area contributed by atoms with E-state index in [1.165, 1.54) is 11.8 Å². The molecular weight excluding hydrogens is 344 g/mol. The quantitative estimate of drug-likeness (QED) is 0.649. The Balaban J connectivity index is 1.55. The van der Waals surface area contributed by atoms with E-state index in [2.05, 4.69) is 15.1 Å². The molecule has 3 heterocycles. The fourth-order valence-corrected chi connectivity index (χ4v) is 3.23. The lowest BCUT2D eigenvalue weighted by Gasteiger charge is -2.29. The fraction of sp³-hybridized carbons (Fsp3) is 0.562. The second kappa shape index (κ2) is 9.02. The largest absolute Gasteiger partial charge is 0.467 e. The molecule has 0 saturated carbocycles. The van der Waals surface area contributed by atoms with Crippen LogP contribution in [-0.2, 0) is 16.1 Å². The maximum atomic E-state index is 12.7. The van der Waals surface area contributed by atoms with Crippen LogP contribution in [0.25, 0.3) is 0 Å². The van der Waals surface area contributed by atoms with E-state index in [9.17, 15) is 4.79 Å². The number of aryl methyl sites for hydroxylation is 1. The Hall–Kier alpha value is -1.84. The molecule has 2 aromatic rings. The van der Waals surface area contributed by atoms with Crippen molar-refractivity contribution in [3.05, 3.63) is 30.0 Å². The van der Waals surface area contributed by atoms with Gasteiger partial charge in [-0.05, 0) is 12.1 Å². The Morgan fingerprint density at radius 3 is 2.88 bits per heavy atom. The number of rotatable bonds is 8. The minimum atomic E-state index is 0.0190. The van der Waals surface area contributed by atoms with E-state index in [4.69, 9.17) is 13.6 Å². The van der Waals surface area contributed by atoms with Gasteiger partial charge in [0, 0.05) is 33.1 Å². The SMILES string of the molecule is Cc1nnc(SCC(=O)N(CCN2CCOCC2)Cc2ccco2)o1. The summed E-state index contributed by atoms with van der Waals surface area (Å²) in [5.74, 6) is 1.54. The van der Waals surface area contributed by atoms with Crippen LogP contribution in [0.4, 0.5) is 0 Å². The second-order valence-corrected chi connectivity index (χ2v) is 6.65. The van der Waals surface area contributed by atoms with E-state index in [-0.39, 0.29) is 11.7 Å². The van der Waals surface area contributed by atoms with Gasteiger partial charge in [0.2, 0.25) is 11.8 Å². The van der Waals surface area contributed by atoms with Crippen molar-refractivity contribution in [2.24, 2.45) is 0 Å². The molecule has 8 nitrogen and oxygen atoms in total. The van der Waals surface area contributed by atoms with Gasteiger partial charge in [-0.15, -0.1) is 10.2 Å². The molecule has 2 aromatic heterocycles. The molecule has 0 spiro atoms. The number of thioether (sulfide) groups is 1. The highest BCUT2D eigenvalue weighted by molar-refractivity contribution is 7.99. The summed E-state index contributed by atoms with van der Waals surface area (Å²) < 4.78 is 16.1. The standard InChI is InChI=1S/C16H22N4O4S/c1-13-17-18-16(24-13)25-12-15(21)20(11-14-3-2-8-23-14)5-4-19-6-9-22-10-7-19/h2-3,8H,4-7,9-12H2,1H3. The average molecular weight is 366 g/mol. The van der Waals surface area contributed by atoms with Crippen LogP contribution in [0.1, 0.15) is 11.7 Å². The van der Waals surface area contributed by atoms with Gasteiger partial charge in [-0.1, -0.05) is 11.8 Å². The molecule has 1 fully saturated rings. The summed E-state index contributed by atoms with van der Waals surface area (Å²) >= 11 is 1.26. The Kier molecular flexibility index (Phi) is 6.48. The first-order chi connectivity index (χ1) is 12.2. The minimum Gasteiger partial charge on any atom is -0.467 e. The molecule has 0 bridgehead atoms. The Bertz CT molecular complexity index is 655. The van der Waals surface area contributed by atoms with Gasteiger partial charge >= 0.3 is 0 Å². The molecular formula is C16H22N4O4S. The van der Waals surface area contributed by atoms with Crippen molar-refractivity contribution in [2.45, 2.75) is 18.7 Å². The molecule has 1 saturated heterocycles. The monoisotopic (exact) mass is 366 g/mol. The molecule has 0 aliphatic carbocycles. The molecule has 0 N–H and O–H groups in total. The lowest BCUT2D eigenvalue weighted by atomic mass is 10.3. The normalized spacial score (nSPS) is 15.4. The Morgan fingerprint density at radius 2 is 2.20 bits per heavy atom. The summed E-state index contributed by atoms with van der Waals surface area (Å²) in [6, 6.07) is 3.71. The average Bonchev–Trinajstić information content (AvgIpc) is 3.29. The molecule has 9 heteroatoms. The van der Waals surface area contributed by atoms with Gasteiger partial charge in [0.25, 0.3) is 5.22 Å². The van der Waals surface area contributed by atoms with Crippen LogP contribution in [0.15, 0.2) is 32.5 Å². The van der Waals surface area contributed by atoms with Gasteiger partial charge in [0.1, 0.15) is 5.76 Å². The van der Waals surface area contributed by atoms with Gasteiger partial charge in [0.05, 0.1) is 31.8 Å². The van der Waals surface area contributed by atoms with Crippen LogP contribution >= 0.6 is 11.8 Å². The molecule has 136 valence electrons. The molecule has 0 aromatic carbocycles. The van der Waals surface area contributed by atoms with E-state index in [0.29, 0.717) is 24.2 Å². The van der Waals surface area contributed by atoms with Crippen molar-refractivity contribution >= 4 is 17.7 Å². The van der Waals surface area contributed by atoms with Crippen LogP contribution in [0.2, 0.25) is 0 Å². The number of carbonyl (C=O) groups is 1. The van der Waals surface area contributed by atoms with Crippen molar-refractivity contribution < 1.29 is 18.4 Å². The van der Waals surface area contributed by atoms with Gasteiger partial charge in [0.15, 0.2) is 0 Å². The van der Waals surface area contributed by atoms with Crippen molar-refractivity contribution in [3.8, 4) is 0 Å². The zero-order chi connectivity index (χ0) is 17.5. The number of hydrogen-bond donors (Lipinski definition) is 0. The number of aromatic nitrogens is 2. The van der Waals surface area contributed by atoms with E-state index in [0.717, 1.165) is 38.6 Å². The lowest BCUT2D eigenvalue weighted by Crippen LogP contribution is -2.43. The number of morpholine rings is 1. The van der Waals surface area contributed by atoms with Crippen LogP contribution < -0.4 is 0 Å². The summed E-state index contributed by atoms with van der Waals surface area (Å²) in [5, 5.41) is 8.09. The maximum Gasteiger partial charge on any atom is 0.277 e. The van der Waals surface area contributed by atoms with E-state index < -0.39 is 0 Å². The predicted molar refractivity (Wildman–Crippen MR) is 91.1 cm³/mol. The number of amides is 1. The number of carbonyl (C=O) groups excluding carboxylic acids is 1. The van der Waals surface area contributed by atoms with E-state index in [1.807, 2.05) is 17.0 Å². The van der Waals surface area contributed by atoms with Gasteiger partial charge in [-0.2, -0.15) is 0 Å². The van der Waals surface area contributed by atoms with Crippen molar-refractivity contribution in [3.63, 3.8) is 0 Å². The van der Waals surface area contributed by atoms with Crippen LogP contribution in [0.3, 0.4) is 0 Å². The highest BCUT2D eigenvalue weighted by Crippen LogP contribution is 2.17. The molecule has 0 atom stereocenters. The van der Waals surface area contributed by atoms with Crippen molar-refractivity contribution in [1.82, 2.24) is 20.0 Å². The summed E-state index contributed by atoms with van der Waals surface area (Å²) in [6.45, 7) is 6.95. The molecule has 3 rings (SSSR count). The molecule has 1 amide bonds. The third-order valence-electron chi connectivity index (χ3n) is 3.90. The Labute approximate surface area is 150 Å². The maximum absolute atomic E-state index is 12.7. The van der Waals surface area contributed by atoms with Crippen LogP contribution in [0, 0.1) is 6.92 Å². The smallest absolute Gasteiger partial charge is 0.277 e. The van der Waals surface area contributed by atoms with Crippen LogP contribution in [-0.4, -0.2) is 71.1 Å². The van der Waals surface area contributed by atoms with Gasteiger partial charge in [-0.3, -0.25) is 9.69 Å². The minimum absolute atomic E-state index is 0.0190. The fourth-order valence-electron chi connectivity index (χ4n) is 2.52. The first kappa shape index (κ1) is 18.0. The second-order valence-electron chi connectivity index (χ2n) is 5.72.